The zero-order chi connectivity index (χ0) is 14.8. The lowest BCUT2D eigenvalue weighted by Crippen LogP contribution is -2.41. The Labute approximate surface area is 125 Å². The van der Waals surface area contributed by atoms with E-state index in [9.17, 15) is 8.42 Å². The van der Waals surface area contributed by atoms with E-state index in [1.807, 2.05) is 6.92 Å². The number of hydrogen-bond acceptors (Lipinski definition) is 3. The summed E-state index contributed by atoms with van der Waals surface area (Å²) in [6, 6.07) is 1.60. The lowest BCUT2D eigenvalue weighted by atomic mass is 10.2. The Morgan fingerprint density at radius 3 is 2.75 bits per heavy atom. The van der Waals surface area contributed by atoms with Gasteiger partial charge in [-0.15, -0.1) is 11.6 Å². The highest BCUT2D eigenvalue weighted by molar-refractivity contribution is 7.89. The molecule has 0 aliphatic heterocycles. The van der Waals surface area contributed by atoms with E-state index in [-0.39, 0.29) is 16.8 Å². The first kappa shape index (κ1) is 15.8. The van der Waals surface area contributed by atoms with E-state index in [2.05, 4.69) is 4.98 Å². The molecule has 1 N–H and O–H groups in total. The second-order valence-corrected chi connectivity index (χ2v) is 7.34. The minimum atomic E-state index is -3.50. The molecule has 5 nitrogen and oxygen atoms in total. The van der Waals surface area contributed by atoms with Crippen LogP contribution in [0.3, 0.4) is 0 Å². The van der Waals surface area contributed by atoms with E-state index in [1.165, 1.54) is 6.20 Å². The molecule has 0 saturated heterocycles. The molecule has 0 bridgehead atoms. The van der Waals surface area contributed by atoms with Crippen LogP contribution in [-0.4, -0.2) is 44.0 Å². The van der Waals surface area contributed by atoms with E-state index in [4.69, 9.17) is 16.3 Å². The predicted octanol–water partition coefficient (Wildman–Crippen LogP) is 2.19. The molecule has 1 heterocycles. The SMILES string of the molecule is COCCN(C(C)C1CC1)S(=O)(=O)c1c[nH]c(CCl)c1. The van der Waals surface area contributed by atoms with Crippen molar-refractivity contribution in [3.05, 3.63) is 18.0 Å². The quantitative estimate of drug-likeness (QED) is 0.747. The molecular weight excluding hydrogens is 300 g/mol. The van der Waals surface area contributed by atoms with Crippen LogP contribution in [0.25, 0.3) is 0 Å². The summed E-state index contributed by atoms with van der Waals surface area (Å²) in [5.41, 5.74) is 0.705. The van der Waals surface area contributed by atoms with Crippen molar-refractivity contribution in [2.24, 2.45) is 5.92 Å². The van der Waals surface area contributed by atoms with Gasteiger partial charge in [0.2, 0.25) is 10.0 Å². The van der Waals surface area contributed by atoms with Crippen LogP contribution in [-0.2, 0) is 20.6 Å². The maximum Gasteiger partial charge on any atom is 0.244 e. The molecule has 0 spiro atoms. The maximum atomic E-state index is 12.7. The number of aromatic nitrogens is 1. The van der Waals surface area contributed by atoms with Gasteiger partial charge < -0.3 is 9.72 Å². The van der Waals surface area contributed by atoms with Crippen molar-refractivity contribution in [2.45, 2.75) is 36.6 Å². The first-order valence-corrected chi connectivity index (χ1v) is 8.72. The number of hydrogen-bond donors (Lipinski definition) is 1. The molecule has 20 heavy (non-hydrogen) atoms. The lowest BCUT2D eigenvalue weighted by Gasteiger charge is -2.27. The molecule has 114 valence electrons. The number of aromatic amines is 1. The third-order valence-corrected chi connectivity index (χ3v) is 5.99. The number of ether oxygens (including phenoxy) is 1. The lowest BCUT2D eigenvalue weighted by molar-refractivity contribution is 0.164. The fourth-order valence-corrected chi connectivity index (χ4v) is 4.17. The van der Waals surface area contributed by atoms with Gasteiger partial charge in [0.25, 0.3) is 0 Å². The molecule has 1 aliphatic carbocycles. The van der Waals surface area contributed by atoms with Crippen molar-refractivity contribution in [1.29, 1.82) is 0 Å². The van der Waals surface area contributed by atoms with Gasteiger partial charge >= 0.3 is 0 Å². The Bertz CT molecular complexity index is 540. The van der Waals surface area contributed by atoms with Crippen molar-refractivity contribution < 1.29 is 13.2 Å². The molecule has 1 aliphatic rings. The number of rotatable bonds is 8. The summed E-state index contributed by atoms with van der Waals surface area (Å²) in [6.45, 7) is 2.74. The third kappa shape index (κ3) is 3.36. The smallest absolute Gasteiger partial charge is 0.244 e. The van der Waals surface area contributed by atoms with E-state index in [1.54, 1.807) is 17.5 Å². The van der Waals surface area contributed by atoms with Gasteiger partial charge in [-0.05, 0) is 31.7 Å². The van der Waals surface area contributed by atoms with E-state index < -0.39 is 10.0 Å². The monoisotopic (exact) mass is 320 g/mol. The van der Waals surface area contributed by atoms with Gasteiger partial charge in [0.1, 0.15) is 0 Å². The van der Waals surface area contributed by atoms with E-state index in [0.717, 1.165) is 12.8 Å². The Balaban J connectivity index is 2.24. The molecule has 1 aromatic rings. The number of nitrogens with one attached hydrogen (secondary N) is 1. The average Bonchev–Trinajstić information content (AvgIpc) is 3.15. The molecule has 0 aromatic carbocycles. The summed E-state index contributed by atoms with van der Waals surface area (Å²) in [4.78, 5) is 3.16. The number of halogens is 1. The van der Waals surface area contributed by atoms with Crippen LogP contribution in [0.4, 0.5) is 0 Å². The molecule has 1 unspecified atom stereocenters. The maximum absolute atomic E-state index is 12.7. The van der Waals surface area contributed by atoms with Gasteiger partial charge in [0, 0.05) is 31.6 Å². The molecule has 0 radical (unpaired) electrons. The first-order chi connectivity index (χ1) is 9.50. The average molecular weight is 321 g/mol. The van der Waals surface area contributed by atoms with Crippen molar-refractivity contribution in [3.63, 3.8) is 0 Å². The fourth-order valence-electron chi connectivity index (χ4n) is 2.32. The number of nitrogens with zero attached hydrogens (tertiary/aromatic N) is 1. The van der Waals surface area contributed by atoms with Gasteiger partial charge in [0.05, 0.1) is 17.4 Å². The van der Waals surface area contributed by atoms with Crippen molar-refractivity contribution in [1.82, 2.24) is 9.29 Å². The molecule has 1 aromatic heterocycles. The van der Waals surface area contributed by atoms with Crippen LogP contribution in [0.15, 0.2) is 17.2 Å². The number of methoxy groups -OCH3 is 1. The van der Waals surface area contributed by atoms with Crippen LogP contribution < -0.4 is 0 Å². The Hall–Kier alpha value is -0.560. The second-order valence-electron chi connectivity index (χ2n) is 5.18. The van der Waals surface area contributed by atoms with Crippen molar-refractivity contribution in [3.8, 4) is 0 Å². The van der Waals surface area contributed by atoms with Gasteiger partial charge in [0.15, 0.2) is 0 Å². The second kappa shape index (κ2) is 6.47. The van der Waals surface area contributed by atoms with Crippen molar-refractivity contribution in [2.75, 3.05) is 20.3 Å². The fraction of sp³-hybridized carbons (Fsp3) is 0.692. The first-order valence-electron chi connectivity index (χ1n) is 6.74. The summed E-state index contributed by atoms with van der Waals surface area (Å²) in [6.07, 6.45) is 3.70. The molecule has 1 atom stereocenters. The van der Waals surface area contributed by atoms with Gasteiger partial charge in [-0.3, -0.25) is 0 Å². The Kier molecular flexibility index (Phi) is 5.12. The standard InChI is InChI=1S/C13H21ClN2O3S/c1-10(11-3-4-11)16(5-6-19-2)20(17,18)13-7-12(8-14)15-9-13/h7,9-11,15H,3-6,8H2,1-2H3. The molecular formula is C13H21ClN2O3S. The Morgan fingerprint density at radius 2 is 2.25 bits per heavy atom. The molecule has 1 fully saturated rings. The zero-order valence-electron chi connectivity index (χ0n) is 11.8. The largest absolute Gasteiger partial charge is 0.383 e. The third-order valence-electron chi connectivity index (χ3n) is 3.74. The summed E-state index contributed by atoms with van der Waals surface area (Å²) >= 11 is 5.72. The predicted molar refractivity (Wildman–Crippen MR) is 78.3 cm³/mol. The number of sulfonamides is 1. The topological polar surface area (TPSA) is 62.4 Å². The highest BCUT2D eigenvalue weighted by atomic mass is 35.5. The highest BCUT2D eigenvalue weighted by Crippen LogP contribution is 2.37. The minimum absolute atomic E-state index is 0.00417. The normalized spacial score (nSPS) is 17.6. The van der Waals surface area contributed by atoms with E-state index in [0.29, 0.717) is 24.8 Å². The van der Waals surface area contributed by atoms with Gasteiger partial charge in [-0.2, -0.15) is 4.31 Å². The van der Waals surface area contributed by atoms with Gasteiger partial charge in [-0.1, -0.05) is 0 Å². The van der Waals surface area contributed by atoms with E-state index >= 15 is 0 Å². The molecule has 0 amide bonds. The highest BCUT2D eigenvalue weighted by Gasteiger charge is 2.38. The summed E-state index contributed by atoms with van der Waals surface area (Å²) in [7, 11) is -1.93. The molecule has 2 rings (SSSR count). The van der Waals surface area contributed by atoms with Gasteiger partial charge in [-0.25, -0.2) is 8.42 Å². The zero-order valence-corrected chi connectivity index (χ0v) is 13.4. The van der Waals surface area contributed by atoms with Crippen LogP contribution in [0.2, 0.25) is 0 Å². The Morgan fingerprint density at radius 1 is 1.55 bits per heavy atom. The van der Waals surface area contributed by atoms with Crippen LogP contribution in [0.1, 0.15) is 25.5 Å². The molecule has 1 saturated carbocycles. The number of alkyl halides is 1. The summed E-state index contributed by atoms with van der Waals surface area (Å²) in [5.74, 6) is 0.735. The minimum Gasteiger partial charge on any atom is -0.383 e. The summed E-state index contributed by atoms with van der Waals surface area (Å²) < 4.78 is 32.1. The van der Waals surface area contributed by atoms with Crippen LogP contribution in [0, 0.1) is 5.92 Å². The van der Waals surface area contributed by atoms with Crippen LogP contribution in [0.5, 0.6) is 0 Å². The summed E-state index contributed by atoms with van der Waals surface area (Å²) in [5, 5.41) is 0. The van der Waals surface area contributed by atoms with Crippen LogP contribution >= 0.6 is 11.6 Å². The van der Waals surface area contributed by atoms with Crippen molar-refractivity contribution >= 4 is 21.6 Å². The number of H-pyrrole nitrogens is 1. The molecule has 7 heteroatoms.